The van der Waals surface area contributed by atoms with Crippen LogP contribution in [0.1, 0.15) is 97.3 Å². The molecule has 26 heavy (non-hydrogen) atoms. The summed E-state index contributed by atoms with van der Waals surface area (Å²) in [6.45, 7) is 11.0. The van der Waals surface area contributed by atoms with Crippen molar-refractivity contribution >= 4 is 0 Å². The molecule has 1 heterocycles. The van der Waals surface area contributed by atoms with E-state index in [4.69, 9.17) is 0 Å². The Morgan fingerprint density at radius 1 is 0.769 bits per heavy atom. The Bertz CT molecular complexity index is 337. The van der Waals surface area contributed by atoms with Crippen LogP contribution >= 0.6 is 0 Å². The average molecular weight is 574 g/mol. The van der Waals surface area contributed by atoms with Crippen LogP contribution in [0.15, 0.2) is 0 Å². The second kappa shape index (κ2) is 16.9. The third-order valence-electron chi connectivity index (χ3n) is 7.42. The van der Waals surface area contributed by atoms with Gasteiger partial charge in [0.2, 0.25) is 0 Å². The van der Waals surface area contributed by atoms with Crippen molar-refractivity contribution in [2.45, 2.75) is 97.3 Å². The van der Waals surface area contributed by atoms with Gasteiger partial charge in [-0.2, -0.15) is 12.8 Å². The van der Waals surface area contributed by atoms with E-state index in [9.17, 15) is 0 Å². The van der Waals surface area contributed by atoms with Gasteiger partial charge >= 0.3 is 175 Å². The summed E-state index contributed by atoms with van der Waals surface area (Å²) in [5.41, 5.74) is 0.768. The standard InChI is InChI=1S/C22H39N.3Rb/c1-3-5-20-10-16-23(17-11-20)18-21-8-14-22(15-9-21)12-6-19(4-2)7-13-22;;;/h16-17,19-21H,3-15,18H2,1-2H3;;;/q-2;3*+1. The van der Waals surface area contributed by atoms with Crippen LogP contribution in [0.2, 0.25) is 0 Å². The van der Waals surface area contributed by atoms with E-state index in [1.54, 1.807) is 12.8 Å². The zero-order valence-corrected chi connectivity index (χ0v) is 33.5. The molecule has 0 atom stereocenters. The van der Waals surface area contributed by atoms with Crippen LogP contribution in [0.4, 0.5) is 0 Å². The summed E-state index contributed by atoms with van der Waals surface area (Å²) >= 11 is 0. The molecule has 0 aromatic carbocycles. The Labute approximate surface area is 311 Å². The topological polar surface area (TPSA) is 3.24 Å². The van der Waals surface area contributed by atoms with Gasteiger partial charge in [0.05, 0.1) is 0 Å². The van der Waals surface area contributed by atoms with E-state index in [0.717, 1.165) is 23.2 Å². The molecule has 1 aliphatic heterocycles. The van der Waals surface area contributed by atoms with E-state index in [1.807, 2.05) is 0 Å². The maximum atomic E-state index is 2.56. The number of likely N-dealkylation sites (tertiary alicyclic amines) is 1. The molecule has 1 spiro atoms. The van der Waals surface area contributed by atoms with Crippen molar-refractivity contribution in [2.24, 2.45) is 23.2 Å². The van der Waals surface area contributed by atoms with Gasteiger partial charge in [-0.3, -0.25) is 13.1 Å². The van der Waals surface area contributed by atoms with E-state index in [2.05, 4.69) is 31.8 Å². The molecule has 1 nitrogen and oxygen atoms in total. The number of rotatable bonds is 5. The third kappa shape index (κ3) is 10.1. The summed E-state index contributed by atoms with van der Waals surface area (Å²) in [7, 11) is 0. The first-order valence-corrected chi connectivity index (χ1v) is 10.7. The van der Waals surface area contributed by atoms with Crippen molar-refractivity contribution in [3.05, 3.63) is 13.1 Å². The molecule has 2 aliphatic carbocycles. The summed E-state index contributed by atoms with van der Waals surface area (Å²) in [5.74, 6) is 2.94. The van der Waals surface area contributed by atoms with Gasteiger partial charge < -0.3 is 4.90 Å². The molecule has 0 N–H and O–H groups in total. The van der Waals surface area contributed by atoms with Gasteiger partial charge in [0.25, 0.3) is 0 Å². The van der Waals surface area contributed by atoms with Gasteiger partial charge in [0.15, 0.2) is 0 Å². The molecule has 1 saturated heterocycles. The van der Waals surface area contributed by atoms with Crippen molar-refractivity contribution in [3.63, 3.8) is 0 Å². The van der Waals surface area contributed by atoms with Crippen LogP contribution in [0.5, 0.6) is 0 Å². The summed E-state index contributed by atoms with van der Waals surface area (Å²) in [6.07, 6.45) is 19.0. The normalized spacial score (nSPS) is 33.0. The second-order valence-electron chi connectivity index (χ2n) is 8.98. The summed E-state index contributed by atoms with van der Waals surface area (Å²) in [6, 6.07) is 0. The summed E-state index contributed by atoms with van der Waals surface area (Å²) < 4.78 is 0. The molecule has 0 radical (unpaired) electrons. The monoisotopic (exact) mass is 572 g/mol. The molecule has 0 bridgehead atoms. The fourth-order valence-electron chi connectivity index (χ4n) is 5.50. The van der Waals surface area contributed by atoms with Crippen molar-refractivity contribution in [1.82, 2.24) is 4.90 Å². The number of hydrogen-bond donors (Lipinski definition) is 0. The first-order chi connectivity index (χ1) is 11.2. The maximum absolute atomic E-state index is 2.56. The van der Waals surface area contributed by atoms with E-state index in [-0.39, 0.29) is 175 Å². The van der Waals surface area contributed by atoms with Gasteiger partial charge in [-0.15, -0.1) is 0 Å². The minimum absolute atomic E-state index is 0. The Balaban J connectivity index is 0.00000208. The first kappa shape index (κ1) is 31.4. The van der Waals surface area contributed by atoms with Crippen molar-refractivity contribution in [1.29, 1.82) is 0 Å². The molecule has 4 heteroatoms. The van der Waals surface area contributed by atoms with Gasteiger partial charge in [-0.05, 0) is 68.6 Å². The van der Waals surface area contributed by atoms with Gasteiger partial charge in [0.1, 0.15) is 0 Å². The van der Waals surface area contributed by atoms with E-state index >= 15 is 0 Å². The zero-order valence-electron chi connectivity index (χ0n) is 18.7. The van der Waals surface area contributed by atoms with Crippen molar-refractivity contribution in [2.75, 3.05) is 6.54 Å². The van der Waals surface area contributed by atoms with Crippen LogP contribution in [-0.2, 0) is 0 Å². The molecule has 3 rings (SSSR count). The molecule has 0 amide bonds. The molecule has 0 aromatic heterocycles. The molecule has 2 saturated carbocycles. The SMILES string of the molecule is CCCC1C[CH-]N(CC2CCC3(CCC(CC)CC3)CC2)[CH-]C1.[Rb+].[Rb+].[Rb+]. The molecule has 0 aromatic rings. The zero-order chi connectivity index (χ0) is 16.1. The van der Waals surface area contributed by atoms with Crippen LogP contribution in [0.25, 0.3) is 0 Å². The molecule has 3 aliphatic rings. The molecule has 3 fully saturated rings. The first-order valence-electron chi connectivity index (χ1n) is 10.7. The Morgan fingerprint density at radius 3 is 1.73 bits per heavy atom. The third-order valence-corrected chi connectivity index (χ3v) is 7.42. The average Bonchev–Trinajstić information content (AvgIpc) is 2.60. The van der Waals surface area contributed by atoms with Crippen LogP contribution in [0, 0.1) is 36.3 Å². The summed E-state index contributed by atoms with van der Waals surface area (Å²) in [5, 5.41) is 0. The van der Waals surface area contributed by atoms with Crippen molar-refractivity contribution in [3.8, 4) is 0 Å². The molecule has 0 unspecified atom stereocenters. The van der Waals surface area contributed by atoms with Crippen LogP contribution < -0.4 is 175 Å². The predicted octanol–water partition coefficient (Wildman–Crippen LogP) is -2.39. The minimum Gasteiger partial charge on any atom is -0.605 e. The van der Waals surface area contributed by atoms with E-state index < -0.39 is 0 Å². The summed E-state index contributed by atoms with van der Waals surface area (Å²) in [4.78, 5) is 2.56. The Kier molecular flexibility index (Phi) is 20.4. The van der Waals surface area contributed by atoms with Gasteiger partial charge in [0, 0.05) is 0 Å². The van der Waals surface area contributed by atoms with E-state index in [1.165, 1.54) is 77.2 Å². The van der Waals surface area contributed by atoms with Crippen LogP contribution in [0.3, 0.4) is 0 Å². The second-order valence-corrected chi connectivity index (χ2v) is 8.98. The molecular formula is C22H39NRb3+. The largest absolute Gasteiger partial charge is 1.00 e. The Hall–Kier alpha value is 5.38. The van der Waals surface area contributed by atoms with Gasteiger partial charge in [-0.1, -0.05) is 45.6 Å². The maximum Gasteiger partial charge on any atom is 1.00 e. The van der Waals surface area contributed by atoms with Gasteiger partial charge in [-0.25, -0.2) is 0 Å². The minimum atomic E-state index is 0. The number of hydrogen-bond acceptors (Lipinski definition) is 1. The smallest absolute Gasteiger partial charge is 0.605 e. The quantitative estimate of drug-likeness (QED) is 0.332. The van der Waals surface area contributed by atoms with Crippen molar-refractivity contribution < 1.29 is 175 Å². The number of piperidine rings is 1. The van der Waals surface area contributed by atoms with E-state index in [0.29, 0.717) is 0 Å². The predicted molar refractivity (Wildman–Crippen MR) is 99.6 cm³/mol. The fourth-order valence-corrected chi connectivity index (χ4v) is 5.50. The fraction of sp³-hybridized carbons (Fsp3) is 0.909. The van der Waals surface area contributed by atoms with Crippen LogP contribution in [-0.4, -0.2) is 11.4 Å². The Morgan fingerprint density at radius 2 is 1.27 bits per heavy atom. The molecular weight excluding hydrogens is 535 g/mol. The number of nitrogens with zero attached hydrogens (tertiary/aromatic N) is 1. The molecule has 134 valence electrons.